The van der Waals surface area contributed by atoms with Gasteiger partial charge in [-0.05, 0) is 20.0 Å². The van der Waals surface area contributed by atoms with Crippen molar-refractivity contribution in [3.05, 3.63) is 34.3 Å². The van der Waals surface area contributed by atoms with Crippen LogP contribution < -0.4 is 10.1 Å². The number of hydrogen-bond acceptors (Lipinski definition) is 4. The number of hydrogen-bond donors (Lipinski definition) is 1. The van der Waals surface area contributed by atoms with Gasteiger partial charge in [-0.3, -0.25) is 4.68 Å². The van der Waals surface area contributed by atoms with E-state index in [-0.39, 0.29) is 6.04 Å². The van der Waals surface area contributed by atoms with Crippen molar-refractivity contribution >= 4 is 11.3 Å². The Kier molecular flexibility index (Phi) is 3.81. The van der Waals surface area contributed by atoms with Crippen LogP contribution in [0.3, 0.4) is 0 Å². The van der Waals surface area contributed by atoms with E-state index in [4.69, 9.17) is 4.74 Å². The van der Waals surface area contributed by atoms with Gasteiger partial charge in [-0.15, -0.1) is 11.3 Å². The fourth-order valence-corrected chi connectivity index (χ4v) is 2.76. The van der Waals surface area contributed by atoms with E-state index in [9.17, 15) is 0 Å². The smallest absolute Gasteiger partial charge is 0.129 e. The van der Waals surface area contributed by atoms with Gasteiger partial charge < -0.3 is 10.1 Å². The summed E-state index contributed by atoms with van der Waals surface area (Å²) in [5.74, 6) is 0.910. The Morgan fingerprint density at radius 3 is 2.94 bits per heavy atom. The van der Waals surface area contributed by atoms with Gasteiger partial charge in [0.1, 0.15) is 5.75 Å². The summed E-state index contributed by atoms with van der Waals surface area (Å²) in [6, 6.07) is 2.25. The average Bonchev–Trinajstić information content (AvgIpc) is 2.99. The van der Waals surface area contributed by atoms with Crippen LogP contribution >= 0.6 is 11.3 Å². The molecule has 0 aliphatic rings. The van der Waals surface area contributed by atoms with Gasteiger partial charge in [-0.2, -0.15) is 5.10 Å². The number of aryl methyl sites for hydroxylation is 1. The highest BCUT2D eigenvalue weighted by atomic mass is 32.1. The molecule has 0 aromatic carbocycles. The SMILES string of the molecule is CCn1cc(C(NC)c2cc(OC)cs2)cn1. The molecule has 5 heteroatoms. The van der Waals surface area contributed by atoms with Crippen LogP contribution in [0, 0.1) is 0 Å². The third-order valence-electron chi connectivity index (χ3n) is 2.72. The fourth-order valence-electron chi connectivity index (χ4n) is 1.77. The molecule has 2 heterocycles. The van der Waals surface area contributed by atoms with Crippen LogP contribution in [-0.2, 0) is 6.54 Å². The summed E-state index contributed by atoms with van der Waals surface area (Å²) in [5.41, 5.74) is 1.18. The minimum Gasteiger partial charge on any atom is -0.496 e. The molecule has 0 saturated heterocycles. The average molecular weight is 251 g/mol. The molecule has 1 unspecified atom stereocenters. The highest BCUT2D eigenvalue weighted by Crippen LogP contribution is 2.30. The molecule has 0 radical (unpaired) electrons. The summed E-state index contributed by atoms with van der Waals surface area (Å²) < 4.78 is 7.15. The van der Waals surface area contributed by atoms with Crippen LogP contribution in [0.15, 0.2) is 23.8 Å². The van der Waals surface area contributed by atoms with Crippen molar-refractivity contribution in [3.63, 3.8) is 0 Å². The maximum absolute atomic E-state index is 5.21. The zero-order valence-corrected chi connectivity index (χ0v) is 11.1. The summed E-state index contributed by atoms with van der Waals surface area (Å²) >= 11 is 1.69. The third kappa shape index (κ3) is 2.50. The summed E-state index contributed by atoms with van der Waals surface area (Å²) in [7, 11) is 3.65. The highest BCUT2D eigenvalue weighted by molar-refractivity contribution is 7.10. The second-order valence-corrected chi connectivity index (χ2v) is 4.68. The number of ether oxygens (including phenoxy) is 1. The predicted octanol–water partition coefficient (Wildman–Crippen LogP) is 2.28. The summed E-state index contributed by atoms with van der Waals surface area (Å²) in [5, 5.41) is 9.63. The lowest BCUT2D eigenvalue weighted by atomic mass is 10.1. The van der Waals surface area contributed by atoms with Crippen LogP contribution in [-0.4, -0.2) is 23.9 Å². The summed E-state index contributed by atoms with van der Waals surface area (Å²) in [4.78, 5) is 1.24. The van der Waals surface area contributed by atoms with Crippen molar-refractivity contribution < 1.29 is 4.74 Å². The predicted molar refractivity (Wildman–Crippen MR) is 69.7 cm³/mol. The second kappa shape index (κ2) is 5.33. The largest absolute Gasteiger partial charge is 0.496 e. The Hall–Kier alpha value is -1.33. The molecule has 0 fully saturated rings. The molecule has 0 amide bonds. The monoisotopic (exact) mass is 251 g/mol. The van der Waals surface area contributed by atoms with E-state index < -0.39 is 0 Å². The van der Waals surface area contributed by atoms with E-state index >= 15 is 0 Å². The molecule has 0 aliphatic heterocycles. The van der Waals surface area contributed by atoms with Crippen molar-refractivity contribution in [1.82, 2.24) is 15.1 Å². The van der Waals surface area contributed by atoms with E-state index in [0.717, 1.165) is 12.3 Å². The first-order valence-corrected chi connectivity index (χ1v) is 6.48. The molecular formula is C12H17N3OS. The van der Waals surface area contributed by atoms with E-state index in [1.54, 1.807) is 18.4 Å². The second-order valence-electron chi connectivity index (χ2n) is 3.74. The van der Waals surface area contributed by atoms with Gasteiger partial charge in [0, 0.05) is 28.6 Å². The minimum atomic E-state index is 0.184. The van der Waals surface area contributed by atoms with Crippen molar-refractivity contribution in [1.29, 1.82) is 0 Å². The molecule has 0 spiro atoms. The Morgan fingerprint density at radius 1 is 1.59 bits per heavy atom. The molecule has 2 rings (SSSR count). The van der Waals surface area contributed by atoms with Crippen LogP contribution in [0.1, 0.15) is 23.4 Å². The fraction of sp³-hybridized carbons (Fsp3) is 0.417. The van der Waals surface area contributed by atoms with Crippen LogP contribution in [0.25, 0.3) is 0 Å². The van der Waals surface area contributed by atoms with Gasteiger partial charge in [0.25, 0.3) is 0 Å². The number of methoxy groups -OCH3 is 1. The molecular weight excluding hydrogens is 234 g/mol. The minimum absolute atomic E-state index is 0.184. The van der Waals surface area contributed by atoms with Gasteiger partial charge >= 0.3 is 0 Å². The normalized spacial score (nSPS) is 12.6. The lowest BCUT2D eigenvalue weighted by molar-refractivity contribution is 0.416. The van der Waals surface area contributed by atoms with E-state index in [1.807, 2.05) is 23.3 Å². The third-order valence-corrected chi connectivity index (χ3v) is 3.69. The Labute approximate surface area is 105 Å². The van der Waals surface area contributed by atoms with Crippen molar-refractivity contribution in [2.45, 2.75) is 19.5 Å². The van der Waals surface area contributed by atoms with Gasteiger partial charge in [0.05, 0.1) is 19.3 Å². The summed E-state index contributed by atoms with van der Waals surface area (Å²) in [6.07, 6.45) is 3.99. The van der Waals surface area contributed by atoms with Crippen molar-refractivity contribution in [2.75, 3.05) is 14.2 Å². The molecule has 0 saturated carbocycles. The van der Waals surface area contributed by atoms with Gasteiger partial charge in [-0.1, -0.05) is 0 Å². The van der Waals surface area contributed by atoms with Crippen LogP contribution in [0.4, 0.5) is 0 Å². The Bertz CT molecular complexity index is 435. The van der Waals surface area contributed by atoms with Crippen LogP contribution in [0.5, 0.6) is 5.75 Å². The van der Waals surface area contributed by atoms with E-state index in [2.05, 4.69) is 29.6 Å². The first-order chi connectivity index (χ1) is 8.28. The molecule has 2 aromatic heterocycles. The molecule has 4 nitrogen and oxygen atoms in total. The first kappa shape index (κ1) is 12.1. The van der Waals surface area contributed by atoms with Crippen molar-refractivity contribution in [2.24, 2.45) is 0 Å². The van der Waals surface area contributed by atoms with Crippen LogP contribution in [0.2, 0.25) is 0 Å². The quantitative estimate of drug-likeness (QED) is 0.886. The first-order valence-electron chi connectivity index (χ1n) is 5.60. The number of aromatic nitrogens is 2. The Balaban J connectivity index is 2.26. The molecule has 0 bridgehead atoms. The zero-order chi connectivity index (χ0) is 12.3. The maximum Gasteiger partial charge on any atom is 0.129 e. The summed E-state index contributed by atoms with van der Waals surface area (Å²) in [6.45, 7) is 2.98. The molecule has 1 atom stereocenters. The van der Waals surface area contributed by atoms with E-state index in [1.165, 1.54) is 10.4 Å². The topological polar surface area (TPSA) is 39.1 Å². The lowest BCUT2D eigenvalue weighted by Crippen LogP contribution is -2.15. The standard InChI is InChI=1S/C12H17N3OS/c1-4-15-7-9(6-14-15)12(13-2)11-5-10(16-3)8-17-11/h5-8,12-13H,4H2,1-3H3. The highest BCUT2D eigenvalue weighted by Gasteiger charge is 2.16. The van der Waals surface area contributed by atoms with Gasteiger partial charge in [0.15, 0.2) is 0 Å². The van der Waals surface area contributed by atoms with Gasteiger partial charge in [-0.25, -0.2) is 0 Å². The maximum atomic E-state index is 5.21. The molecule has 1 N–H and O–H groups in total. The van der Waals surface area contributed by atoms with E-state index in [0.29, 0.717) is 0 Å². The molecule has 2 aromatic rings. The molecule has 92 valence electrons. The number of nitrogens with one attached hydrogen (secondary N) is 1. The molecule has 0 aliphatic carbocycles. The molecule has 17 heavy (non-hydrogen) atoms. The number of thiophene rings is 1. The van der Waals surface area contributed by atoms with Gasteiger partial charge in [0.2, 0.25) is 0 Å². The lowest BCUT2D eigenvalue weighted by Gasteiger charge is -2.11. The number of nitrogens with zero attached hydrogens (tertiary/aromatic N) is 2. The van der Waals surface area contributed by atoms with Crippen molar-refractivity contribution in [3.8, 4) is 5.75 Å². The zero-order valence-electron chi connectivity index (χ0n) is 10.3. The number of rotatable bonds is 5. The Morgan fingerprint density at radius 2 is 2.41 bits per heavy atom.